The third kappa shape index (κ3) is 2.81. The van der Waals surface area contributed by atoms with E-state index in [1.54, 1.807) is 0 Å². The van der Waals surface area contributed by atoms with Crippen molar-refractivity contribution in [2.75, 3.05) is 0 Å². The maximum Gasteiger partial charge on any atom is 0.491 e. The van der Waals surface area contributed by atoms with Crippen molar-refractivity contribution in [3.05, 3.63) is 65.2 Å². The molecule has 0 bridgehead atoms. The number of hydrogen-bond donors (Lipinski definition) is 1. The summed E-state index contributed by atoms with van der Waals surface area (Å²) in [5.74, 6) is 0.171. The van der Waals surface area contributed by atoms with Crippen molar-refractivity contribution in [3.8, 4) is 0 Å². The predicted molar refractivity (Wildman–Crippen MR) is 77.7 cm³/mol. The largest absolute Gasteiger partial charge is 0.491 e. The van der Waals surface area contributed by atoms with Crippen LogP contribution in [0.4, 0.5) is 0 Å². The number of Topliss-reactive ketones (excluding diaryl/α,β-unsaturated/α-hetero) is 1. The standard InChI is InChI=1S/C16H15BO3/c18-15(8-12-4-2-1-3-5-12)9-13-6-7-14-11-20-17(19)16(14)10-13/h1-7,10,19H,8-9,11H2. The van der Waals surface area contributed by atoms with Gasteiger partial charge in [0.15, 0.2) is 0 Å². The van der Waals surface area contributed by atoms with Gasteiger partial charge in [0.1, 0.15) is 5.78 Å². The van der Waals surface area contributed by atoms with Crippen molar-refractivity contribution in [1.82, 2.24) is 0 Å². The molecule has 0 aliphatic carbocycles. The monoisotopic (exact) mass is 266 g/mol. The van der Waals surface area contributed by atoms with Gasteiger partial charge < -0.3 is 9.68 Å². The van der Waals surface area contributed by atoms with Crippen LogP contribution < -0.4 is 5.46 Å². The highest BCUT2D eigenvalue weighted by Crippen LogP contribution is 2.12. The van der Waals surface area contributed by atoms with E-state index in [2.05, 4.69) is 0 Å². The molecule has 100 valence electrons. The molecule has 3 nitrogen and oxygen atoms in total. The quantitative estimate of drug-likeness (QED) is 0.847. The minimum absolute atomic E-state index is 0.171. The Hall–Kier alpha value is -1.91. The molecule has 0 fully saturated rings. The Morgan fingerprint density at radius 3 is 2.65 bits per heavy atom. The van der Waals surface area contributed by atoms with Crippen molar-refractivity contribution < 1.29 is 14.5 Å². The molecule has 20 heavy (non-hydrogen) atoms. The predicted octanol–water partition coefficient (Wildman–Crippen LogP) is 1.26. The molecular formula is C16H15BO3. The minimum atomic E-state index is -0.853. The van der Waals surface area contributed by atoms with Gasteiger partial charge in [-0.05, 0) is 22.2 Å². The van der Waals surface area contributed by atoms with Crippen LogP contribution in [0, 0.1) is 0 Å². The fourth-order valence-electron chi connectivity index (χ4n) is 2.49. The summed E-state index contributed by atoms with van der Waals surface area (Å²) in [6.45, 7) is 0.439. The molecule has 1 N–H and O–H groups in total. The van der Waals surface area contributed by atoms with Crippen LogP contribution >= 0.6 is 0 Å². The Balaban J connectivity index is 1.69. The van der Waals surface area contributed by atoms with Crippen LogP contribution in [0.1, 0.15) is 16.7 Å². The number of fused-ring (bicyclic) bond motifs is 1. The van der Waals surface area contributed by atoms with Crippen molar-refractivity contribution in [2.45, 2.75) is 19.4 Å². The molecule has 4 heteroatoms. The molecule has 1 aliphatic rings. The molecule has 0 spiro atoms. The maximum atomic E-state index is 12.1. The van der Waals surface area contributed by atoms with Crippen molar-refractivity contribution in [2.24, 2.45) is 0 Å². The van der Waals surface area contributed by atoms with Gasteiger partial charge in [-0.15, -0.1) is 0 Å². The van der Waals surface area contributed by atoms with Gasteiger partial charge in [0.05, 0.1) is 6.61 Å². The molecule has 0 atom stereocenters. The second-order valence-electron chi connectivity index (χ2n) is 5.07. The molecule has 2 aromatic rings. The maximum absolute atomic E-state index is 12.1. The molecule has 0 radical (unpaired) electrons. The van der Waals surface area contributed by atoms with Crippen LogP contribution in [0.2, 0.25) is 0 Å². The molecule has 2 aromatic carbocycles. The highest BCUT2D eigenvalue weighted by molar-refractivity contribution is 6.61. The second kappa shape index (κ2) is 5.61. The smallest absolute Gasteiger partial charge is 0.423 e. The average molecular weight is 266 g/mol. The van der Waals surface area contributed by atoms with Crippen LogP contribution in [0.15, 0.2) is 48.5 Å². The third-order valence-electron chi connectivity index (χ3n) is 3.52. The Bertz CT molecular complexity index is 625. The second-order valence-corrected chi connectivity index (χ2v) is 5.07. The Morgan fingerprint density at radius 1 is 1.10 bits per heavy atom. The molecule has 0 saturated heterocycles. The summed E-state index contributed by atoms with van der Waals surface area (Å²) in [7, 11) is -0.853. The normalized spacial score (nSPS) is 13.3. The van der Waals surface area contributed by atoms with E-state index in [1.807, 2.05) is 48.5 Å². The zero-order valence-corrected chi connectivity index (χ0v) is 11.1. The van der Waals surface area contributed by atoms with E-state index in [0.29, 0.717) is 19.4 Å². The molecule has 0 saturated carbocycles. The van der Waals surface area contributed by atoms with Crippen molar-refractivity contribution >= 4 is 18.4 Å². The lowest BCUT2D eigenvalue weighted by atomic mass is 9.78. The zero-order chi connectivity index (χ0) is 13.9. The van der Waals surface area contributed by atoms with Gasteiger partial charge in [-0.1, -0.05) is 48.5 Å². The Morgan fingerprint density at radius 2 is 1.85 bits per heavy atom. The third-order valence-corrected chi connectivity index (χ3v) is 3.52. The van der Waals surface area contributed by atoms with Crippen LogP contribution in [-0.4, -0.2) is 17.9 Å². The molecule has 0 amide bonds. The summed E-state index contributed by atoms with van der Waals surface area (Å²) >= 11 is 0. The Kier molecular flexibility index (Phi) is 3.67. The first-order valence-electron chi connectivity index (χ1n) is 6.69. The first-order valence-corrected chi connectivity index (χ1v) is 6.69. The lowest BCUT2D eigenvalue weighted by Gasteiger charge is -2.05. The number of hydrogen-bond acceptors (Lipinski definition) is 3. The van der Waals surface area contributed by atoms with E-state index in [4.69, 9.17) is 4.65 Å². The number of carbonyl (C=O) groups excluding carboxylic acids is 1. The first kappa shape index (κ1) is 13.1. The van der Waals surface area contributed by atoms with Crippen molar-refractivity contribution in [1.29, 1.82) is 0 Å². The molecule has 0 aromatic heterocycles. The topological polar surface area (TPSA) is 46.5 Å². The fraction of sp³-hybridized carbons (Fsp3) is 0.188. The summed E-state index contributed by atoms with van der Waals surface area (Å²) in [5, 5.41) is 9.67. The summed E-state index contributed by atoms with van der Waals surface area (Å²) in [4.78, 5) is 12.1. The van der Waals surface area contributed by atoms with Crippen LogP contribution in [0.3, 0.4) is 0 Å². The number of benzene rings is 2. The first-order chi connectivity index (χ1) is 9.72. The van der Waals surface area contributed by atoms with Gasteiger partial charge >= 0.3 is 7.12 Å². The van der Waals surface area contributed by atoms with E-state index >= 15 is 0 Å². The molecular weight excluding hydrogens is 251 g/mol. The van der Waals surface area contributed by atoms with Crippen molar-refractivity contribution in [3.63, 3.8) is 0 Å². The summed E-state index contributed by atoms with van der Waals surface area (Å²) in [5.41, 5.74) is 3.74. The molecule has 3 rings (SSSR count). The van der Waals surface area contributed by atoms with E-state index < -0.39 is 7.12 Å². The Labute approximate surface area is 118 Å². The zero-order valence-electron chi connectivity index (χ0n) is 11.1. The van der Waals surface area contributed by atoms with E-state index in [1.165, 1.54) is 0 Å². The number of rotatable bonds is 4. The molecule has 1 aliphatic heterocycles. The van der Waals surface area contributed by atoms with Gasteiger partial charge in [-0.2, -0.15) is 0 Å². The number of carbonyl (C=O) groups is 1. The van der Waals surface area contributed by atoms with Gasteiger partial charge in [-0.25, -0.2) is 0 Å². The molecule has 0 unspecified atom stereocenters. The number of ketones is 1. The lowest BCUT2D eigenvalue weighted by Crippen LogP contribution is -2.28. The van der Waals surface area contributed by atoms with Crippen LogP contribution in [0.25, 0.3) is 0 Å². The van der Waals surface area contributed by atoms with E-state index in [-0.39, 0.29) is 5.78 Å². The van der Waals surface area contributed by atoms with Gasteiger partial charge in [0.25, 0.3) is 0 Å². The average Bonchev–Trinajstić information content (AvgIpc) is 2.81. The van der Waals surface area contributed by atoms with E-state index in [0.717, 1.165) is 22.2 Å². The lowest BCUT2D eigenvalue weighted by molar-refractivity contribution is -0.117. The summed E-state index contributed by atoms with van der Waals surface area (Å²) in [6.07, 6.45) is 0.825. The van der Waals surface area contributed by atoms with Gasteiger partial charge in [0.2, 0.25) is 0 Å². The van der Waals surface area contributed by atoms with Crippen LogP contribution in [0.5, 0.6) is 0 Å². The molecule has 1 heterocycles. The van der Waals surface area contributed by atoms with Gasteiger partial charge in [-0.3, -0.25) is 4.79 Å². The van der Waals surface area contributed by atoms with E-state index in [9.17, 15) is 9.82 Å². The summed E-state index contributed by atoms with van der Waals surface area (Å²) in [6, 6.07) is 15.5. The fourth-order valence-corrected chi connectivity index (χ4v) is 2.49. The highest BCUT2D eigenvalue weighted by Gasteiger charge is 2.27. The summed E-state index contributed by atoms with van der Waals surface area (Å²) < 4.78 is 5.15. The van der Waals surface area contributed by atoms with Gasteiger partial charge in [0, 0.05) is 12.8 Å². The minimum Gasteiger partial charge on any atom is -0.423 e. The van der Waals surface area contributed by atoms with Crippen LogP contribution in [-0.2, 0) is 28.9 Å². The SMILES string of the molecule is O=C(Cc1ccccc1)Cc1ccc2c(c1)B(O)OC2. The highest BCUT2D eigenvalue weighted by atomic mass is 16.5.